The number of ether oxygens (including phenoxy) is 1. The summed E-state index contributed by atoms with van der Waals surface area (Å²) < 4.78 is 4.61. The van der Waals surface area contributed by atoms with Crippen molar-refractivity contribution in [3.63, 3.8) is 0 Å². The predicted octanol–water partition coefficient (Wildman–Crippen LogP) is 3.99. The van der Waals surface area contributed by atoms with Gasteiger partial charge >= 0.3 is 11.9 Å². The van der Waals surface area contributed by atoms with E-state index in [-0.39, 0.29) is 15.6 Å². The molecular weight excluding hydrogens is 286 g/mol. The van der Waals surface area contributed by atoms with Crippen LogP contribution in [0.4, 0.5) is 0 Å². The molecule has 0 spiro atoms. The molecule has 0 radical (unpaired) electrons. The van der Waals surface area contributed by atoms with Crippen LogP contribution >= 0.6 is 34.8 Å². The number of rotatable bonds is 2. The van der Waals surface area contributed by atoms with Crippen LogP contribution in [0, 0.1) is 5.92 Å². The molecule has 0 atom stereocenters. The first-order valence-electron chi connectivity index (χ1n) is 4.73. The van der Waals surface area contributed by atoms with Crippen molar-refractivity contribution >= 4 is 46.7 Å². The average molecular weight is 296 g/mol. The molecule has 1 aromatic rings. The van der Waals surface area contributed by atoms with Crippen molar-refractivity contribution in [1.82, 2.24) is 0 Å². The molecule has 0 saturated heterocycles. The molecule has 0 aromatic heterocycles. The van der Waals surface area contributed by atoms with Gasteiger partial charge in [-0.2, -0.15) is 0 Å². The number of halogens is 3. The van der Waals surface area contributed by atoms with Crippen LogP contribution in [0.1, 0.15) is 24.2 Å². The summed E-state index contributed by atoms with van der Waals surface area (Å²) in [7, 11) is 0. The van der Waals surface area contributed by atoms with Crippen LogP contribution in [-0.4, -0.2) is 11.9 Å². The Balaban J connectivity index is 3.01. The van der Waals surface area contributed by atoms with E-state index in [1.807, 2.05) is 0 Å². The lowest BCUT2D eigenvalue weighted by atomic mass is 10.2. The highest BCUT2D eigenvalue weighted by atomic mass is 35.5. The minimum atomic E-state index is -0.879. The molecule has 0 aliphatic heterocycles. The van der Waals surface area contributed by atoms with E-state index in [0.717, 1.165) is 0 Å². The molecule has 0 amide bonds. The second-order valence-electron chi connectivity index (χ2n) is 3.61. The fourth-order valence-electron chi connectivity index (χ4n) is 0.997. The zero-order valence-corrected chi connectivity index (χ0v) is 11.4. The molecular formula is C11H9Cl3O3. The standard InChI is InChI=1S/C11H9Cl3O3/c1-5(2)10(15)17-11(16)9-7(13)3-6(12)4-8(9)14/h3-5H,1-2H3. The van der Waals surface area contributed by atoms with E-state index in [1.165, 1.54) is 12.1 Å². The summed E-state index contributed by atoms with van der Waals surface area (Å²) in [6.07, 6.45) is 0. The molecule has 3 nitrogen and oxygen atoms in total. The van der Waals surface area contributed by atoms with Gasteiger partial charge in [0.05, 0.1) is 21.5 Å². The molecule has 0 aliphatic rings. The fourth-order valence-corrected chi connectivity index (χ4v) is 1.97. The lowest BCUT2D eigenvalue weighted by molar-refractivity contribution is -0.141. The van der Waals surface area contributed by atoms with E-state index in [2.05, 4.69) is 4.74 Å². The normalized spacial score (nSPS) is 10.5. The first-order chi connectivity index (χ1) is 7.82. The average Bonchev–Trinajstić information content (AvgIpc) is 2.15. The van der Waals surface area contributed by atoms with Gasteiger partial charge in [-0.25, -0.2) is 4.79 Å². The Kier molecular flexibility index (Phi) is 4.80. The van der Waals surface area contributed by atoms with Gasteiger partial charge < -0.3 is 4.74 Å². The Morgan fingerprint density at radius 1 is 1.12 bits per heavy atom. The summed E-state index contributed by atoms with van der Waals surface area (Å²) in [6, 6.07) is 2.71. The Labute approximate surface area is 114 Å². The third-order valence-electron chi connectivity index (χ3n) is 1.88. The van der Waals surface area contributed by atoms with Crippen molar-refractivity contribution in [2.75, 3.05) is 0 Å². The summed E-state index contributed by atoms with van der Waals surface area (Å²) in [4.78, 5) is 22.9. The highest BCUT2D eigenvalue weighted by Gasteiger charge is 2.21. The van der Waals surface area contributed by atoms with Crippen molar-refractivity contribution in [2.45, 2.75) is 13.8 Å². The van der Waals surface area contributed by atoms with Crippen molar-refractivity contribution in [3.05, 3.63) is 32.8 Å². The number of carbonyl (C=O) groups excluding carboxylic acids is 2. The number of hydrogen-bond donors (Lipinski definition) is 0. The van der Waals surface area contributed by atoms with E-state index in [0.29, 0.717) is 5.02 Å². The van der Waals surface area contributed by atoms with Crippen LogP contribution in [-0.2, 0) is 9.53 Å². The molecule has 0 N–H and O–H groups in total. The highest BCUT2D eigenvalue weighted by Crippen LogP contribution is 2.29. The summed E-state index contributed by atoms with van der Waals surface area (Å²) >= 11 is 17.3. The van der Waals surface area contributed by atoms with Gasteiger partial charge in [0.1, 0.15) is 0 Å². The zero-order chi connectivity index (χ0) is 13.2. The van der Waals surface area contributed by atoms with Crippen LogP contribution in [0.5, 0.6) is 0 Å². The van der Waals surface area contributed by atoms with Gasteiger partial charge in [0, 0.05) is 5.02 Å². The third-order valence-corrected chi connectivity index (χ3v) is 2.69. The Hall–Kier alpha value is -0.770. The number of benzene rings is 1. The van der Waals surface area contributed by atoms with Crippen LogP contribution < -0.4 is 0 Å². The SMILES string of the molecule is CC(C)C(=O)OC(=O)c1c(Cl)cc(Cl)cc1Cl. The molecule has 1 rings (SSSR count). The van der Waals surface area contributed by atoms with Crippen molar-refractivity contribution in [1.29, 1.82) is 0 Å². The Morgan fingerprint density at radius 3 is 2.00 bits per heavy atom. The maximum atomic E-state index is 11.7. The first-order valence-corrected chi connectivity index (χ1v) is 5.87. The van der Waals surface area contributed by atoms with Gasteiger partial charge in [-0.3, -0.25) is 4.79 Å². The van der Waals surface area contributed by atoms with Gasteiger partial charge in [-0.15, -0.1) is 0 Å². The van der Waals surface area contributed by atoms with Crippen LogP contribution in [0.3, 0.4) is 0 Å². The molecule has 0 heterocycles. The van der Waals surface area contributed by atoms with E-state index in [1.54, 1.807) is 13.8 Å². The Morgan fingerprint density at radius 2 is 1.59 bits per heavy atom. The number of carbonyl (C=O) groups is 2. The molecule has 0 saturated carbocycles. The molecule has 0 unspecified atom stereocenters. The lowest BCUT2D eigenvalue weighted by Crippen LogP contribution is -2.17. The summed E-state index contributed by atoms with van der Waals surface area (Å²) in [5.74, 6) is -1.93. The molecule has 1 aromatic carbocycles. The molecule has 0 fully saturated rings. The largest absolute Gasteiger partial charge is 0.389 e. The smallest absolute Gasteiger partial charge is 0.348 e. The second kappa shape index (κ2) is 5.71. The van der Waals surface area contributed by atoms with Gasteiger partial charge in [0.2, 0.25) is 0 Å². The van der Waals surface area contributed by atoms with Gasteiger partial charge in [-0.05, 0) is 12.1 Å². The van der Waals surface area contributed by atoms with Crippen LogP contribution in [0.2, 0.25) is 15.1 Å². The minimum Gasteiger partial charge on any atom is -0.389 e. The summed E-state index contributed by atoms with van der Waals surface area (Å²) in [6.45, 7) is 3.22. The lowest BCUT2D eigenvalue weighted by Gasteiger charge is -2.08. The summed E-state index contributed by atoms with van der Waals surface area (Å²) in [5, 5.41) is 0.389. The number of hydrogen-bond acceptors (Lipinski definition) is 3. The first kappa shape index (κ1) is 14.3. The minimum absolute atomic E-state index is 0.0454. The number of esters is 2. The van der Waals surface area contributed by atoms with Crippen molar-refractivity contribution in [3.8, 4) is 0 Å². The van der Waals surface area contributed by atoms with E-state index in [4.69, 9.17) is 34.8 Å². The highest BCUT2D eigenvalue weighted by molar-refractivity contribution is 6.42. The van der Waals surface area contributed by atoms with Crippen molar-refractivity contribution < 1.29 is 14.3 Å². The molecule has 17 heavy (non-hydrogen) atoms. The van der Waals surface area contributed by atoms with E-state index >= 15 is 0 Å². The quantitative estimate of drug-likeness (QED) is 0.612. The maximum Gasteiger partial charge on any atom is 0.348 e. The molecule has 92 valence electrons. The van der Waals surface area contributed by atoms with Gasteiger partial charge in [0.25, 0.3) is 0 Å². The molecule has 0 aliphatic carbocycles. The molecule has 0 bridgehead atoms. The Bertz CT molecular complexity index is 446. The fraction of sp³-hybridized carbons (Fsp3) is 0.273. The second-order valence-corrected chi connectivity index (χ2v) is 4.86. The van der Waals surface area contributed by atoms with Crippen LogP contribution in [0.15, 0.2) is 12.1 Å². The van der Waals surface area contributed by atoms with Crippen LogP contribution in [0.25, 0.3) is 0 Å². The van der Waals surface area contributed by atoms with E-state index in [9.17, 15) is 9.59 Å². The van der Waals surface area contributed by atoms with Gasteiger partial charge in [0.15, 0.2) is 0 Å². The zero-order valence-electron chi connectivity index (χ0n) is 9.09. The molecule has 6 heteroatoms. The predicted molar refractivity (Wildman–Crippen MR) is 66.7 cm³/mol. The van der Waals surface area contributed by atoms with Crippen molar-refractivity contribution in [2.24, 2.45) is 5.92 Å². The monoisotopic (exact) mass is 294 g/mol. The topological polar surface area (TPSA) is 43.4 Å². The van der Waals surface area contributed by atoms with Gasteiger partial charge in [-0.1, -0.05) is 48.7 Å². The third kappa shape index (κ3) is 3.60. The summed E-state index contributed by atoms with van der Waals surface area (Å²) in [5.41, 5.74) is -0.0632. The maximum absolute atomic E-state index is 11.7. The van der Waals surface area contributed by atoms with E-state index < -0.39 is 17.9 Å².